The number of aryl methyl sites for hydroxylation is 1. The number of thiazole rings is 1. The summed E-state index contributed by atoms with van der Waals surface area (Å²) < 4.78 is 0. The second-order valence-electron chi connectivity index (χ2n) is 5.43. The number of rotatable bonds is 5. The van der Waals surface area contributed by atoms with Gasteiger partial charge in [-0.2, -0.15) is 0 Å². The number of carbonyl (C=O) groups excluding carboxylic acids is 1. The molecule has 2 rings (SSSR count). The number of nitrogens with two attached hydrogens (primary N) is 1. The van der Waals surface area contributed by atoms with Gasteiger partial charge in [-0.3, -0.25) is 4.79 Å². The Morgan fingerprint density at radius 2 is 2.09 bits per heavy atom. The van der Waals surface area contributed by atoms with Gasteiger partial charge in [0.25, 0.3) is 0 Å². The number of nitrogens with zero attached hydrogens (tertiary/aromatic N) is 1. The molecule has 1 amide bonds. The van der Waals surface area contributed by atoms with E-state index in [0.717, 1.165) is 21.2 Å². The second-order valence-corrected chi connectivity index (χ2v) is 6.92. The maximum absolute atomic E-state index is 12.0. The molecule has 0 spiro atoms. The van der Waals surface area contributed by atoms with Crippen LogP contribution in [0.2, 0.25) is 5.02 Å². The lowest BCUT2D eigenvalue weighted by molar-refractivity contribution is -0.119. The van der Waals surface area contributed by atoms with Crippen LogP contribution in [0, 0.1) is 12.8 Å². The number of anilines is 1. The predicted molar refractivity (Wildman–Crippen MR) is 92.6 cm³/mol. The Hall–Kier alpha value is -1.43. The van der Waals surface area contributed by atoms with Crippen molar-refractivity contribution in [3.63, 3.8) is 0 Å². The largest absolute Gasteiger partial charge is 0.327 e. The Bertz CT molecular complexity index is 669. The minimum atomic E-state index is -0.253. The summed E-state index contributed by atoms with van der Waals surface area (Å²) in [5, 5.41) is 4.19. The van der Waals surface area contributed by atoms with Crippen molar-refractivity contribution in [1.29, 1.82) is 0 Å². The quantitative estimate of drug-likeness (QED) is 0.875. The predicted octanol–water partition coefficient (Wildman–Crippen LogP) is 3.62. The standard InChI is InChI=1S/C16H20ClN3OS/c1-9(10(2)18)15(21)20-16-19-11(3)14(22-16)8-12-6-4-5-7-13(12)17/h4-7,9-10H,8,18H2,1-3H3,(H,19,20,21). The lowest BCUT2D eigenvalue weighted by Crippen LogP contribution is -2.34. The Kier molecular flexibility index (Phi) is 5.56. The molecule has 1 aromatic carbocycles. The number of carbonyl (C=O) groups is 1. The zero-order valence-electron chi connectivity index (χ0n) is 12.9. The molecule has 0 aliphatic rings. The molecular weight excluding hydrogens is 318 g/mol. The molecule has 2 aromatic rings. The van der Waals surface area contributed by atoms with E-state index >= 15 is 0 Å². The zero-order valence-corrected chi connectivity index (χ0v) is 14.5. The first-order chi connectivity index (χ1) is 10.4. The monoisotopic (exact) mass is 337 g/mol. The summed E-state index contributed by atoms with van der Waals surface area (Å²) in [5.74, 6) is -0.357. The average Bonchev–Trinajstić information content (AvgIpc) is 2.80. The highest BCUT2D eigenvalue weighted by Crippen LogP contribution is 2.28. The van der Waals surface area contributed by atoms with Crippen LogP contribution in [0.1, 0.15) is 30.0 Å². The van der Waals surface area contributed by atoms with Gasteiger partial charge in [0.2, 0.25) is 5.91 Å². The highest BCUT2D eigenvalue weighted by atomic mass is 35.5. The smallest absolute Gasteiger partial charge is 0.230 e. The van der Waals surface area contributed by atoms with Crippen LogP contribution in [-0.4, -0.2) is 16.9 Å². The first kappa shape index (κ1) is 16.9. The van der Waals surface area contributed by atoms with Gasteiger partial charge < -0.3 is 11.1 Å². The number of benzene rings is 1. The lowest BCUT2D eigenvalue weighted by Gasteiger charge is -2.13. The molecule has 0 radical (unpaired) electrons. The van der Waals surface area contributed by atoms with Crippen LogP contribution in [0.25, 0.3) is 0 Å². The molecule has 118 valence electrons. The number of aromatic nitrogens is 1. The van der Waals surface area contributed by atoms with E-state index in [2.05, 4.69) is 10.3 Å². The summed E-state index contributed by atoms with van der Waals surface area (Å²) >= 11 is 7.67. The summed E-state index contributed by atoms with van der Waals surface area (Å²) in [5.41, 5.74) is 7.72. The summed E-state index contributed by atoms with van der Waals surface area (Å²) in [6.45, 7) is 5.57. The van der Waals surface area contributed by atoms with Crippen molar-refractivity contribution in [3.05, 3.63) is 45.4 Å². The molecule has 2 unspecified atom stereocenters. The summed E-state index contributed by atoms with van der Waals surface area (Å²) in [6, 6.07) is 7.55. The molecule has 3 N–H and O–H groups in total. The fourth-order valence-electron chi connectivity index (χ4n) is 1.92. The number of amides is 1. The number of halogens is 1. The van der Waals surface area contributed by atoms with Gasteiger partial charge in [-0.15, -0.1) is 11.3 Å². The summed E-state index contributed by atoms with van der Waals surface area (Å²) in [6.07, 6.45) is 0.710. The minimum Gasteiger partial charge on any atom is -0.327 e. The van der Waals surface area contributed by atoms with Gasteiger partial charge in [-0.05, 0) is 25.5 Å². The molecule has 1 aromatic heterocycles. The van der Waals surface area contributed by atoms with Gasteiger partial charge >= 0.3 is 0 Å². The SMILES string of the molecule is Cc1nc(NC(=O)C(C)C(C)N)sc1Cc1ccccc1Cl. The van der Waals surface area contributed by atoms with E-state index in [1.165, 1.54) is 11.3 Å². The van der Waals surface area contributed by atoms with E-state index < -0.39 is 0 Å². The Morgan fingerprint density at radius 1 is 1.41 bits per heavy atom. The highest BCUT2D eigenvalue weighted by molar-refractivity contribution is 7.15. The van der Waals surface area contributed by atoms with Gasteiger partial charge in [-0.1, -0.05) is 36.7 Å². The maximum Gasteiger partial charge on any atom is 0.230 e. The molecule has 0 bridgehead atoms. The molecule has 0 saturated heterocycles. The van der Waals surface area contributed by atoms with Crippen molar-refractivity contribution < 1.29 is 4.79 Å². The third-order valence-corrected chi connectivity index (χ3v) is 5.08. The third kappa shape index (κ3) is 4.06. The Balaban J connectivity index is 2.12. The molecule has 22 heavy (non-hydrogen) atoms. The summed E-state index contributed by atoms with van der Waals surface area (Å²) in [7, 11) is 0. The van der Waals surface area contributed by atoms with Crippen LogP contribution < -0.4 is 11.1 Å². The van der Waals surface area contributed by atoms with Crippen molar-refractivity contribution in [3.8, 4) is 0 Å². The van der Waals surface area contributed by atoms with Crippen molar-refractivity contribution in [2.24, 2.45) is 11.7 Å². The van der Waals surface area contributed by atoms with Crippen LogP contribution in [0.5, 0.6) is 0 Å². The van der Waals surface area contributed by atoms with Crippen molar-refractivity contribution in [2.75, 3.05) is 5.32 Å². The molecule has 6 heteroatoms. The molecule has 2 atom stereocenters. The maximum atomic E-state index is 12.0. The molecule has 0 fully saturated rings. The number of hydrogen-bond donors (Lipinski definition) is 2. The van der Waals surface area contributed by atoms with Gasteiger partial charge in [0.05, 0.1) is 11.6 Å². The van der Waals surface area contributed by atoms with E-state index in [-0.39, 0.29) is 17.9 Å². The van der Waals surface area contributed by atoms with Crippen LogP contribution in [-0.2, 0) is 11.2 Å². The van der Waals surface area contributed by atoms with E-state index in [1.54, 1.807) is 0 Å². The van der Waals surface area contributed by atoms with Crippen LogP contribution >= 0.6 is 22.9 Å². The van der Waals surface area contributed by atoms with E-state index in [1.807, 2.05) is 45.0 Å². The number of nitrogens with one attached hydrogen (secondary N) is 1. The molecule has 1 heterocycles. The second kappa shape index (κ2) is 7.22. The van der Waals surface area contributed by atoms with Crippen LogP contribution in [0.15, 0.2) is 24.3 Å². The molecule has 0 aliphatic carbocycles. The fourth-order valence-corrected chi connectivity index (χ4v) is 3.11. The van der Waals surface area contributed by atoms with Gasteiger partial charge in [0, 0.05) is 22.4 Å². The van der Waals surface area contributed by atoms with E-state index in [9.17, 15) is 4.79 Å². The lowest BCUT2D eigenvalue weighted by atomic mass is 10.0. The van der Waals surface area contributed by atoms with Gasteiger partial charge in [-0.25, -0.2) is 4.98 Å². The number of hydrogen-bond acceptors (Lipinski definition) is 4. The average molecular weight is 338 g/mol. The van der Waals surface area contributed by atoms with E-state index in [0.29, 0.717) is 11.6 Å². The highest BCUT2D eigenvalue weighted by Gasteiger charge is 2.19. The first-order valence-corrected chi connectivity index (χ1v) is 8.34. The molecule has 0 saturated carbocycles. The topological polar surface area (TPSA) is 68.0 Å². The van der Waals surface area contributed by atoms with Crippen molar-refractivity contribution in [2.45, 2.75) is 33.2 Å². The molecular formula is C16H20ClN3OS. The fraction of sp³-hybridized carbons (Fsp3) is 0.375. The summed E-state index contributed by atoms with van der Waals surface area (Å²) in [4.78, 5) is 17.6. The Morgan fingerprint density at radius 3 is 2.73 bits per heavy atom. The normalized spacial score (nSPS) is 13.7. The van der Waals surface area contributed by atoms with E-state index in [4.69, 9.17) is 17.3 Å². The zero-order chi connectivity index (χ0) is 16.3. The van der Waals surface area contributed by atoms with Crippen LogP contribution in [0.3, 0.4) is 0 Å². The molecule has 0 aliphatic heterocycles. The van der Waals surface area contributed by atoms with Gasteiger partial charge in [0.1, 0.15) is 0 Å². The van der Waals surface area contributed by atoms with Crippen molar-refractivity contribution >= 4 is 34.0 Å². The third-order valence-electron chi connectivity index (χ3n) is 3.63. The van der Waals surface area contributed by atoms with Crippen molar-refractivity contribution in [1.82, 2.24) is 4.98 Å². The molecule has 4 nitrogen and oxygen atoms in total. The Labute approximate surface area is 139 Å². The van der Waals surface area contributed by atoms with Crippen LogP contribution in [0.4, 0.5) is 5.13 Å². The minimum absolute atomic E-state index is 0.104. The van der Waals surface area contributed by atoms with Gasteiger partial charge in [0.15, 0.2) is 5.13 Å². The first-order valence-electron chi connectivity index (χ1n) is 7.14.